The quantitative estimate of drug-likeness (QED) is 0.333. The Morgan fingerprint density at radius 2 is 2.00 bits per heavy atom. The van der Waals surface area contributed by atoms with E-state index in [0.29, 0.717) is 10.8 Å². The van der Waals surface area contributed by atoms with E-state index in [1.54, 1.807) is 35.6 Å². The number of carbonyl (C=O) groups is 2. The van der Waals surface area contributed by atoms with E-state index in [1.165, 1.54) is 24.1 Å². The maximum atomic E-state index is 13.1. The monoisotopic (exact) mass is 531 g/mol. The van der Waals surface area contributed by atoms with Gasteiger partial charge in [0.15, 0.2) is 11.5 Å². The van der Waals surface area contributed by atoms with Gasteiger partial charge >= 0.3 is 5.97 Å². The zero-order valence-electron chi connectivity index (χ0n) is 19.1. The molecule has 2 aliphatic rings. The average molecular weight is 532 g/mol. The number of thiophene rings is 1. The molecule has 3 aromatic rings. The third-order valence-electron chi connectivity index (χ3n) is 6.24. The van der Waals surface area contributed by atoms with Crippen molar-refractivity contribution in [3.63, 3.8) is 0 Å². The Morgan fingerprint density at radius 3 is 2.74 bits per heavy atom. The SMILES string of the molecule is CCN1CCc2c(sc3c2C(=O)N[C@@H](c2ccc(OC(=O)c4ccc(Cl)cc4Cl)c(OC)c2)N3)C1. The summed E-state index contributed by atoms with van der Waals surface area (Å²) in [5.74, 6) is -0.122. The Morgan fingerprint density at radius 1 is 1.17 bits per heavy atom. The van der Waals surface area contributed by atoms with Crippen LogP contribution in [0.25, 0.3) is 0 Å². The molecule has 1 atom stereocenters. The standard InChI is InChI=1S/C25H23Cl2N3O4S/c1-3-30-9-8-16-20(12-30)35-24-21(16)23(31)28-22(29-24)13-4-7-18(19(10-13)33-2)34-25(32)15-6-5-14(26)11-17(15)27/h4-7,10-11,22,29H,3,8-9,12H2,1-2H3,(H,28,31)/t22-/m1/s1. The van der Waals surface area contributed by atoms with Crippen molar-refractivity contribution in [2.45, 2.75) is 26.1 Å². The molecule has 0 aliphatic carbocycles. The van der Waals surface area contributed by atoms with Crippen molar-refractivity contribution in [3.8, 4) is 11.5 Å². The molecule has 0 spiro atoms. The normalized spacial score (nSPS) is 17.1. The van der Waals surface area contributed by atoms with Crippen molar-refractivity contribution in [3.05, 3.63) is 73.6 Å². The van der Waals surface area contributed by atoms with Gasteiger partial charge < -0.3 is 20.1 Å². The Hall–Kier alpha value is -2.78. The van der Waals surface area contributed by atoms with Crippen LogP contribution in [0, 0.1) is 0 Å². The van der Waals surface area contributed by atoms with Crippen molar-refractivity contribution in [1.82, 2.24) is 10.2 Å². The number of carbonyl (C=O) groups excluding carboxylic acids is 2. The number of ether oxygens (including phenoxy) is 2. The zero-order chi connectivity index (χ0) is 24.7. The molecular weight excluding hydrogens is 509 g/mol. The van der Waals surface area contributed by atoms with Gasteiger partial charge in [-0.25, -0.2) is 4.79 Å². The number of anilines is 1. The summed E-state index contributed by atoms with van der Waals surface area (Å²) in [5, 5.41) is 8.01. The van der Waals surface area contributed by atoms with Crippen LogP contribution in [0.1, 0.15) is 49.8 Å². The van der Waals surface area contributed by atoms with Gasteiger partial charge in [-0.05, 0) is 54.4 Å². The molecule has 0 fully saturated rings. The van der Waals surface area contributed by atoms with E-state index in [9.17, 15) is 9.59 Å². The lowest BCUT2D eigenvalue weighted by molar-refractivity contribution is 0.0729. The van der Waals surface area contributed by atoms with Crippen LogP contribution in [0.4, 0.5) is 5.00 Å². The molecule has 3 heterocycles. The fourth-order valence-corrected chi connectivity index (χ4v) is 6.16. The summed E-state index contributed by atoms with van der Waals surface area (Å²) in [6.45, 7) is 4.97. The van der Waals surface area contributed by atoms with Gasteiger partial charge in [-0.1, -0.05) is 36.2 Å². The molecule has 2 aromatic carbocycles. The summed E-state index contributed by atoms with van der Waals surface area (Å²) < 4.78 is 11.0. The zero-order valence-corrected chi connectivity index (χ0v) is 21.4. The first kappa shape index (κ1) is 23.9. The number of amides is 1. The lowest BCUT2D eigenvalue weighted by Crippen LogP contribution is -2.38. The van der Waals surface area contributed by atoms with Gasteiger partial charge in [-0.3, -0.25) is 9.69 Å². The molecular formula is C25H23Cl2N3O4S. The largest absolute Gasteiger partial charge is 0.493 e. The molecule has 10 heteroatoms. The molecule has 35 heavy (non-hydrogen) atoms. The van der Waals surface area contributed by atoms with Crippen LogP contribution in [0.5, 0.6) is 11.5 Å². The van der Waals surface area contributed by atoms with Crippen LogP contribution in [-0.4, -0.2) is 37.0 Å². The van der Waals surface area contributed by atoms with Crippen LogP contribution >= 0.6 is 34.5 Å². The van der Waals surface area contributed by atoms with E-state index in [0.717, 1.165) is 47.7 Å². The van der Waals surface area contributed by atoms with Gasteiger partial charge in [0.25, 0.3) is 5.91 Å². The number of hydrogen-bond donors (Lipinski definition) is 2. The molecule has 5 rings (SSSR count). The van der Waals surface area contributed by atoms with Crippen molar-refractivity contribution in [2.24, 2.45) is 0 Å². The fraction of sp³-hybridized carbons (Fsp3) is 0.280. The van der Waals surface area contributed by atoms with Crippen molar-refractivity contribution in [2.75, 3.05) is 25.5 Å². The fourth-order valence-electron chi connectivity index (χ4n) is 4.36. The number of nitrogens with zero attached hydrogens (tertiary/aromatic N) is 1. The van der Waals surface area contributed by atoms with Crippen molar-refractivity contribution in [1.29, 1.82) is 0 Å². The molecule has 2 N–H and O–H groups in total. The minimum atomic E-state index is -0.628. The minimum Gasteiger partial charge on any atom is -0.493 e. The number of likely N-dealkylation sites (N-methyl/N-ethyl adjacent to an activating group) is 1. The second kappa shape index (κ2) is 9.70. The first-order chi connectivity index (χ1) is 16.9. The Balaban J connectivity index is 1.37. The molecule has 7 nitrogen and oxygen atoms in total. The van der Waals surface area contributed by atoms with Gasteiger partial charge in [0.1, 0.15) is 11.2 Å². The van der Waals surface area contributed by atoms with E-state index in [1.807, 2.05) is 0 Å². The first-order valence-corrected chi connectivity index (χ1v) is 12.7. The van der Waals surface area contributed by atoms with Gasteiger partial charge in [0.05, 0.1) is 23.3 Å². The van der Waals surface area contributed by atoms with Gasteiger partial charge in [0, 0.05) is 23.0 Å². The van der Waals surface area contributed by atoms with E-state index in [2.05, 4.69) is 22.5 Å². The Bertz CT molecular complexity index is 1330. The number of benzene rings is 2. The molecule has 0 saturated carbocycles. The Labute approximate surface area is 216 Å². The summed E-state index contributed by atoms with van der Waals surface area (Å²) in [5.41, 5.74) is 2.87. The summed E-state index contributed by atoms with van der Waals surface area (Å²) in [6.07, 6.45) is 0.432. The van der Waals surface area contributed by atoms with Crippen LogP contribution in [0.3, 0.4) is 0 Å². The second-order valence-electron chi connectivity index (χ2n) is 8.30. The summed E-state index contributed by atoms with van der Waals surface area (Å²) in [7, 11) is 1.49. The predicted octanol–water partition coefficient (Wildman–Crippen LogP) is 5.51. The van der Waals surface area contributed by atoms with Gasteiger partial charge in [-0.2, -0.15) is 0 Å². The van der Waals surface area contributed by atoms with E-state index in [-0.39, 0.29) is 22.2 Å². The highest BCUT2D eigenvalue weighted by atomic mass is 35.5. The first-order valence-electron chi connectivity index (χ1n) is 11.2. The third-order valence-corrected chi connectivity index (χ3v) is 7.93. The summed E-state index contributed by atoms with van der Waals surface area (Å²) in [4.78, 5) is 29.3. The van der Waals surface area contributed by atoms with Crippen LogP contribution < -0.4 is 20.1 Å². The molecule has 182 valence electrons. The lowest BCUT2D eigenvalue weighted by Gasteiger charge is -2.28. The molecule has 0 radical (unpaired) electrons. The van der Waals surface area contributed by atoms with Crippen LogP contribution in [-0.2, 0) is 13.0 Å². The van der Waals surface area contributed by atoms with Crippen LogP contribution in [0.15, 0.2) is 36.4 Å². The number of hydrogen-bond acceptors (Lipinski definition) is 7. The molecule has 1 aromatic heterocycles. The number of nitrogens with one attached hydrogen (secondary N) is 2. The number of methoxy groups -OCH3 is 1. The molecule has 0 bridgehead atoms. The average Bonchev–Trinajstić information content (AvgIpc) is 3.22. The van der Waals surface area contributed by atoms with E-state index < -0.39 is 12.1 Å². The van der Waals surface area contributed by atoms with Gasteiger partial charge in [0.2, 0.25) is 0 Å². The van der Waals surface area contributed by atoms with Gasteiger partial charge in [-0.15, -0.1) is 11.3 Å². The van der Waals surface area contributed by atoms with Crippen molar-refractivity contribution < 1.29 is 19.1 Å². The van der Waals surface area contributed by atoms with Crippen LogP contribution in [0.2, 0.25) is 10.0 Å². The maximum Gasteiger partial charge on any atom is 0.345 e. The molecule has 0 unspecified atom stereocenters. The van der Waals surface area contributed by atoms with Crippen molar-refractivity contribution >= 4 is 51.4 Å². The summed E-state index contributed by atoms with van der Waals surface area (Å²) >= 11 is 13.7. The third kappa shape index (κ3) is 4.59. The highest BCUT2D eigenvalue weighted by Gasteiger charge is 2.33. The summed E-state index contributed by atoms with van der Waals surface area (Å²) in [6, 6.07) is 9.71. The maximum absolute atomic E-state index is 13.1. The highest BCUT2D eigenvalue weighted by molar-refractivity contribution is 7.16. The number of rotatable bonds is 5. The smallest absolute Gasteiger partial charge is 0.345 e. The molecule has 0 saturated heterocycles. The number of esters is 1. The number of fused-ring (bicyclic) bond motifs is 3. The lowest BCUT2D eigenvalue weighted by atomic mass is 10.0. The highest BCUT2D eigenvalue weighted by Crippen LogP contribution is 2.41. The topological polar surface area (TPSA) is 79.9 Å². The van der Waals surface area contributed by atoms with E-state index >= 15 is 0 Å². The predicted molar refractivity (Wildman–Crippen MR) is 137 cm³/mol. The van der Waals surface area contributed by atoms with E-state index in [4.69, 9.17) is 32.7 Å². The Kier molecular flexibility index (Phi) is 6.63. The number of halogens is 2. The minimum absolute atomic E-state index is 0.0851. The molecule has 1 amide bonds. The molecule has 2 aliphatic heterocycles. The second-order valence-corrected chi connectivity index (χ2v) is 10.3.